The molecule has 0 aliphatic rings. The summed E-state index contributed by atoms with van der Waals surface area (Å²) in [4.78, 5) is 20.7. The van der Waals surface area contributed by atoms with Crippen molar-refractivity contribution in [1.29, 1.82) is 0 Å². The molecule has 1 radical (unpaired) electrons. The molecule has 0 rings (SSSR count). The normalized spacial score (nSPS) is 9.92. The molecule has 12 heavy (non-hydrogen) atoms. The van der Waals surface area contributed by atoms with Gasteiger partial charge in [-0.3, -0.25) is 9.59 Å². The molecule has 0 saturated carbocycles. The second kappa shape index (κ2) is 6.83. The van der Waals surface area contributed by atoms with E-state index in [1.54, 1.807) is 6.29 Å². The van der Waals surface area contributed by atoms with Crippen LogP contribution in [0.5, 0.6) is 0 Å². The van der Waals surface area contributed by atoms with Crippen LogP contribution in [0.3, 0.4) is 0 Å². The predicted molar refractivity (Wildman–Crippen MR) is 45.4 cm³/mol. The van der Waals surface area contributed by atoms with Crippen molar-refractivity contribution in [1.82, 2.24) is 0 Å². The van der Waals surface area contributed by atoms with Crippen LogP contribution < -0.4 is 0 Å². The van der Waals surface area contributed by atoms with Crippen molar-refractivity contribution in [3.05, 3.63) is 0 Å². The minimum atomic E-state index is -0.184. The molecule has 0 aromatic carbocycles. The summed E-state index contributed by atoms with van der Waals surface area (Å²) in [5, 5.41) is 0. The number of hydrogen-bond donors (Lipinski definition) is 0. The van der Waals surface area contributed by atoms with E-state index in [1.807, 2.05) is 13.8 Å². The highest BCUT2D eigenvalue weighted by Gasteiger charge is 2.03. The largest absolute Gasteiger partial charge is 0.463 e. The maximum Gasteiger partial charge on any atom is 0.306 e. The molecule has 0 N–H and O–H groups in total. The third kappa shape index (κ3) is 7.25. The average molecular weight is 171 g/mol. The van der Waals surface area contributed by atoms with Crippen LogP contribution in [0, 0.1) is 0 Å². The summed E-state index contributed by atoms with van der Waals surface area (Å²) in [6.45, 7) is 3.63. The van der Waals surface area contributed by atoms with Gasteiger partial charge in [-0.05, 0) is 26.7 Å². The van der Waals surface area contributed by atoms with Gasteiger partial charge in [0.2, 0.25) is 0 Å². The molecule has 0 bridgehead atoms. The summed E-state index contributed by atoms with van der Waals surface area (Å²) >= 11 is 0. The topological polar surface area (TPSA) is 43.4 Å². The van der Waals surface area contributed by atoms with Gasteiger partial charge >= 0.3 is 5.97 Å². The molecular weight excluding hydrogens is 156 g/mol. The van der Waals surface area contributed by atoms with Crippen LogP contribution in [0.25, 0.3) is 0 Å². The minimum absolute atomic E-state index is 0.0462. The van der Waals surface area contributed by atoms with E-state index in [1.165, 1.54) is 0 Å². The second-order valence-electron chi connectivity index (χ2n) is 2.89. The Bertz CT molecular complexity index is 141. The molecule has 0 fully saturated rings. The Balaban J connectivity index is 3.25. The van der Waals surface area contributed by atoms with Gasteiger partial charge in [-0.15, -0.1) is 0 Å². The average Bonchev–Trinajstić information content (AvgIpc) is 1.97. The molecule has 0 heterocycles. The summed E-state index contributed by atoms with van der Waals surface area (Å²) < 4.78 is 4.89. The van der Waals surface area contributed by atoms with Gasteiger partial charge in [0.15, 0.2) is 6.29 Å². The zero-order valence-electron chi connectivity index (χ0n) is 7.63. The van der Waals surface area contributed by atoms with Crippen molar-refractivity contribution in [3.63, 3.8) is 0 Å². The summed E-state index contributed by atoms with van der Waals surface area (Å²) in [7, 11) is 0. The smallest absolute Gasteiger partial charge is 0.306 e. The Morgan fingerprint density at radius 3 is 2.58 bits per heavy atom. The fraction of sp³-hybridized carbons (Fsp3) is 0.778. The second-order valence-corrected chi connectivity index (χ2v) is 2.89. The summed E-state index contributed by atoms with van der Waals surface area (Å²) in [6, 6.07) is 0. The van der Waals surface area contributed by atoms with Gasteiger partial charge in [0, 0.05) is 12.8 Å². The van der Waals surface area contributed by atoms with Gasteiger partial charge in [-0.2, -0.15) is 0 Å². The lowest BCUT2D eigenvalue weighted by Gasteiger charge is -2.06. The van der Waals surface area contributed by atoms with E-state index in [9.17, 15) is 9.59 Å². The maximum atomic E-state index is 10.9. The van der Waals surface area contributed by atoms with Crippen molar-refractivity contribution in [3.8, 4) is 0 Å². The van der Waals surface area contributed by atoms with Crippen LogP contribution in [-0.4, -0.2) is 18.4 Å². The molecule has 0 aliphatic heterocycles. The zero-order chi connectivity index (χ0) is 9.40. The number of esters is 1. The van der Waals surface area contributed by atoms with Crippen LogP contribution in [-0.2, 0) is 14.3 Å². The van der Waals surface area contributed by atoms with Crippen molar-refractivity contribution in [2.24, 2.45) is 0 Å². The van der Waals surface area contributed by atoms with E-state index in [0.29, 0.717) is 19.3 Å². The molecule has 0 spiro atoms. The first-order valence-electron chi connectivity index (χ1n) is 4.21. The fourth-order valence-corrected chi connectivity index (χ4v) is 0.788. The van der Waals surface area contributed by atoms with Crippen molar-refractivity contribution < 1.29 is 14.3 Å². The molecular formula is C9H15O3. The van der Waals surface area contributed by atoms with Crippen molar-refractivity contribution in [2.75, 3.05) is 0 Å². The maximum absolute atomic E-state index is 10.9. The number of unbranched alkanes of at least 4 members (excludes halogenated alkanes) is 2. The Kier molecular flexibility index (Phi) is 6.34. The number of ether oxygens (including phenoxy) is 1. The van der Waals surface area contributed by atoms with E-state index in [0.717, 1.165) is 6.42 Å². The molecule has 0 aromatic heterocycles. The first-order chi connectivity index (χ1) is 5.66. The monoisotopic (exact) mass is 171 g/mol. The lowest BCUT2D eigenvalue weighted by Crippen LogP contribution is -2.10. The summed E-state index contributed by atoms with van der Waals surface area (Å²) in [6.07, 6.45) is 3.98. The van der Waals surface area contributed by atoms with E-state index in [2.05, 4.69) is 0 Å². The van der Waals surface area contributed by atoms with E-state index < -0.39 is 0 Å². The van der Waals surface area contributed by atoms with Gasteiger partial charge in [0.1, 0.15) is 0 Å². The standard InChI is InChI=1S/C9H15O3/c1-8(2)12-9(11)6-4-3-5-7-10/h8H,3-6H2,1-2H3. The highest BCUT2D eigenvalue weighted by Crippen LogP contribution is 2.01. The predicted octanol–water partition coefficient (Wildman–Crippen LogP) is 1.61. The Morgan fingerprint density at radius 1 is 1.42 bits per heavy atom. The van der Waals surface area contributed by atoms with Crippen LogP contribution in [0.4, 0.5) is 0 Å². The summed E-state index contributed by atoms with van der Waals surface area (Å²) in [5.74, 6) is -0.184. The third-order valence-corrected chi connectivity index (χ3v) is 1.28. The van der Waals surface area contributed by atoms with E-state index >= 15 is 0 Å². The Hall–Kier alpha value is -0.860. The Morgan fingerprint density at radius 2 is 2.08 bits per heavy atom. The molecule has 3 heteroatoms. The number of hydrogen-bond acceptors (Lipinski definition) is 3. The van der Waals surface area contributed by atoms with Gasteiger partial charge in [0.25, 0.3) is 0 Å². The highest BCUT2D eigenvalue weighted by molar-refractivity contribution is 5.69. The molecule has 0 aromatic rings. The van der Waals surface area contributed by atoms with E-state index in [4.69, 9.17) is 4.74 Å². The molecule has 0 atom stereocenters. The molecule has 0 unspecified atom stereocenters. The first kappa shape index (κ1) is 11.1. The third-order valence-electron chi connectivity index (χ3n) is 1.28. The zero-order valence-corrected chi connectivity index (χ0v) is 7.63. The van der Waals surface area contributed by atoms with Crippen LogP contribution in [0.1, 0.15) is 39.5 Å². The van der Waals surface area contributed by atoms with Gasteiger partial charge in [0.05, 0.1) is 6.10 Å². The number of carbonyl (C=O) groups is 1. The lowest BCUT2D eigenvalue weighted by molar-refractivity contribution is -0.147. The van der Waals surface area contributed by atoms with Crippen LogP contribution in [0.15, 0.2) is 0 Å². The van der Waals surface area contributed by atoms with Crippen LogP contribution >= 0.6 is 0 Å². The first-order valence-corrected chi connectivity index (χ1v) is 4.21. The van der Waals surface area contributed by atoms with Crippen molar-refractivity contribution in [2.45, 2.75) is 45.6 Å². The van der Waals surface area contributed by atoms with Gasteiger partial charge in [-0.25, -0.2) is 0 Å². The number of rotatable bonds is 6. The molecule has 0 saturated heterocycles. The minimum Gasteiger partial charge on any atom is -0.463 e. The Labute approximate surface area is 73.1 Å². The highest BCUT2D eigenvalue weighted by atomic mass is 16.5. The van der Waals surface area contributed by atoms with Gasteiger partial charge < -0.3 is 4.74 Å². The molecule has 0 amide bonds. The van der Waals surface area contributed by atoms with Gasteiger partial charge in [-0.1, -0.05) is 0 Å². The van der Waals surface area contributed by atoms with Crippen LogP contribution in [0.2, 0.25) is 0 Å². The molecule has 3 nitrogen and oxygen atoms in total. The molecule has 0 aliphatic carbocycles. The fourth-order valence-electron chi connectivity index (χ4n) is 0.788. The van der Waals surface area contributed by atoms with E-state index in [-0.39, 0.29) is 12.1 Å². The lowest BCUT2D eigenvalue weighted by atomic mass is 10.2. The number of carbonyl (C=O) groups excluding carboxylic acids is 2. The quantitative estimate of drug-likeness (QED) is 0.450. The molecule has 69 valence electrons. The van der Waals surface area contributed by atoms with Crippen molar-refractivity contribution >= 4 is 12.3 Å². The summed E-state index contributed by atoms with van der Waals surface area (Å²) in [5.41, 5.74) is 0. The SMILES string of the molecule is CC(C)OC(=O)CCCC[C]=O.